The summed E-state index contributed by atoms with van der Waals surface area (Å²) in [6.45, 7) is 0. The topological polar surface area (TPSA) is 1180 Å². The number of hydrogen-bond donors (Lipinski definition) is 15. The first kappa shape index (κ1) is 158. The molecular weight excluding hydrogens is 1390 g/mol. The Morgan fingerprint density at radius 1 is 0.204 bits per heavy atom. The fourth-order valence-corrected chi connectivity index (χ4v) is 0. The van der Waals surface area contributed by atoms with E-state index in [9.17, 15) is 0 Å². The summed E-state index contributed by atoms with van der Waals surface area (Å²) < 4.78 is 242. The molecule has 0 spiro atoms. The van der Waals surface area contributed by atoms with Crippen LogP contribution in [0.5, 0.6) is 0 Å². The van der Waals surface area contributed by atoms with E-state index in [1.165, 1.54) is 0 Å². The molecule has 54 heteroatoms. The van der Waals surface area contributed by atoms with Gasteiger partial charge in [0.05, 0.1) is 5.09 Å². The molecule has 368 valence electrons. The molecule has 0 unspecified atom stereocenters. The van der Waals surface area contributed by atoms with Crippen molar-refractivity contribution in [3.8, 4) is 0 Å². The second-order valence-electron chi connectivity index (χ2n) is 3.08. The van der Waals surface area contributed by atoms with Gasteiger partial charge in [-0.15, -0.1) is 0 Å². The zero-order valence-electron chi connectivity index (χ0n) is 31.0. The zero-order chi connectivity index (χ0) is 35.1. The van der Waals surface area contributed by atoms with Crippen molar-refractivity contribution < 1.29 is 223 Å². The molecule has 0 fully saturated rings. The molecule has 0 saturated carbocycles. The SMILES string of the molecule is O=[N+]([O-])[O-].[NH4+].[NH4+].[NH4+].[NH4+].[NH4+].[NH4+].[NH4+].[NH4+].[NH4+].[NH4+].[NH4+].[NH4+].[NH4+].[NH4+].[NH4+].[O]=[Mo](=[O])([O-])[O-].[O]=[Mo](=[O])([O-])[O-].[O]=[Mo](=[O])([O-])[O-].[O]=[Mo](=[O])([O-])[O-].[O]=[Mo](=[O])([O-])[O-].[O]=[Mo](=[O])([O-])[O-].[O]=[Mo](=[O])([O-])[O-]. The van der Waals surface area contributed by atoms with Gasteiger partial charge in [0.1, 0.15) is 0 Å². The Morgan fingerprint density at radius 3 is 0.204 bits per heavy atom. The third kappa shape index (κ3) is 40100000. The van der Waals surface area contributed by atoms with Crippen molar-refractivity contribution >= 4 is 0 Å². The van der Waals surface area contributed by atoms with Crippen molar-refractivity contribution in [3.05, 3.63) is 15.3 Å². The summed E-state index contributed by atoms with van der Waals surface area (Å²) in [6.07, 6.45) is 0. The van der Waals surface area contributed by atoms with Crippen molar-refractivity contribution in [1.82, 2.24) is 92.3 Å². The van der Waals surface area contributed by atoms with E-state index in [-0.39, 0.29) is 92.3 Å². The van der Waals surface area contributed by atoms with Gasteiger partial charge in [-0.25, -0.2) is 0 Å². The Labute approximate surface area is 327 Å². The average molecular weight is 1450 g/mol. The van der Waals surface area contributed by atoms with Crippen LogP contribution in [-0.4, -0.2) is 5.09 Å². The van der Waals surface area contributed by atoms with Crippen LogP contribution < -0.4 is 145 Å². The van der Waals surface area contributed by atoms with Crippen molar-refractivity contribution in [2.45, 2.75) is 0 Å². The third-order valence-electron chi connectivity index (χ3n) is 0. The fourth-order valence-electron chi connectivity index (χ4n) is 0. The van der Waals surface area contributed by atoms with E-state index < -0.39 is 122 Å². The van der Waals surface area contributed by atoms with E-state index >= 15 is 0 Å². The summed E-state index contributed by atoms with van der Waals surface area (Å²) in [5.74, 6) is 0. The quantitative estimate of drug-likeness (QED) is 0.0608. The summed E-state index contributed by atoms with van der Waals surface area (Å²) in [6, 6.07) is 0. The summed E-state index contributed by atoms with van der Waals surface area (Å²) >= 11 is -42.1. The predicted molar refractivity (Wildman–Crippen MR) is 110 cm³/mol. The molecule has 0 atom stereocenters. The van der Waals surface area contributed by atoms with E-state index in [1.54, 1.807) is 0 Å². The fraction of sp³-hybridized carbons (Fsp3) is 0. The molecule has 0 radical (unpaired) electrons. The van der Waals surface area contributed by atoms with Crippen LogP contribution in [0.3, 0.4) is 0 Å². The Balaban J connectivity index is -0.00000000932. The van der Waals surface area contributed by atoms with Gasteiger partial charge in [0.25, 0.3) is 0 Å². The molecule has 47 nitrogen and oxygen atoms in total. The molecule has 0 saturated heterocycles. The van der Waals surface area contributed by atoms with Gasteiger partial charge in [-0.1, -0.05) is 0 Å². The van der Waals surface area contributed by atoms with Gasteiger partial charge in [-0.05, 0) is 0 Å². The maximum absolute atomic E-state index is 8.63. The van der Waals surface area contributed by atoms with E-state index in [0.717, 1.165) is 0 Å². The van der Waals surface area contributed by atoms with E-state index in [0.29, 0.717) is 0 Å². The number of quaternary nitrogens is 15. The number of rotatable bonds is 0. The van der Waals surface area contributed by atoms with Crippen molar-refractivity contribution in [1.29, 1.82) is 0 Å². The van der Waals surface area contributed by atoms with Gasteiger partial charge < -0.3 is 108 Å². The second-order valence-corrected chi connectivity index (χ2v) is 17.1. The summed E-state index contributed by atoms with van der Waals surface area (Å²) in [4.78, 5) is 8.25. The predicted octanol–water partition coefficient (Wildman–Crippen LogP) is -12.9. The van der Waals surface area contributed by atoms with E-state index in [1.807, 2.05) is 0 Å². The maximum atomic E-state index is 8.63. The van der Waals surface area contributed by atoms with Crippen LogP contribution in [0.4, 0.5) is 0 Å². The molecule has 0 aromatic heterocycles. The van der Waals surface area contributed by atoms with Gasteiger partial charge >= 0.3 is 217 Å². The molecule has 0 rings (SSSR count). The van der Waals surface area contributed by atoms with Crippen LogP contribution in [0.2, 0.25) is 0 Å². The molecule has 0 aliphatic carbocycles. The van der Waals surface area contributed by atoms with Crippen molar-refractivity contribution in [3.63, 3.8) is 0 Å². The Hall–Kier alpha value is 0.0582. The Kier molecular flexibility index (Phi) is 207. The van der Waals surface area contributed by atoms with Gasteiger partial charge in [0.2, 0.25) is 0 Å². The zero-order valence-corrected chi connectivity index (χ0v) is 45.0. The van der Waals surface area contributed by atoms with Crippen LogP contribution in [0.15, 0.2) is 0 Å². The molecule has 0 heterocycles. The molecule has 0 aliphatic heterocycles. The monoisotopic (exact) mass is 1470 g/mol. The molecule has 0 aromatic carbocycles. The summed E-state index contributed by atoms with van der Waals surface area (Å²) in [7, 11) is 0. The van der Waals surface area contributed by atoms with Crippen LogP contribution >= 0.6 is 0 Å². The third-order valence-corrected chi connectivity index (χ3v) is 0. The summed E-state index contributed by atoms with van der Waals surface area (Å²) in [5.41, 5.74) is 0. The van der Waals surface area contributed by atoms with Crippen LogP contribution in [0.1, 0.15) is 0 Å². The second kappa shape index (κ2) is 70.8. The molecule has 60 N–H and O–H groups in total. The first-order chi connectivity index (χ1) is 15.7. The van der Waals surface area contributed by atoms with Gasteiger partial charge in [-0.3, -0.25) is 0 Å². The van der Waals surface area contributed by atoms with E-state index in [2.05, 4.69) is 0 Å². The van der Waals surface area contributed by atoms with Gasteiger partial charge in [0.15, 0.2) is 0 Å². The normalized spacial score (nSPS) is 7.96. The average Bonchev–Trinajstić information content (AvgIpc) is 2.18. The van der Waals surface area contributed by atoms with E-state index in [4.69, 9.17) is 116 Å². The van der Waals surface area contributed by atoms with Crippen LogP contribution in [0, 0.1) is 15.3 Å². The van der Waals surface area contributed by atoms with Crippen molar-refractivity contribution in [2.75, 3.05) is 0 Å². The van der Waals surface area contributed by atoms with Crippen LogP contribution in [0.25, 0.3) is 0 Å². The molecular formula is H60Mo7N16O31. The molecule has 54 heavy (non-hydrogen) atoms. The number of hydrogen-bond acceptors (Lipinski definition) is 31. The summed E-state index contributed by atoms with van der Waals surface area (Å²) in [5, 5.41) is 14.8. The van der Waals surface area contributed by atoms with Gasteiger partial charge in [0, 0.05) is 0 Å². The van der Waals surface area contributed by atoms with Gasteiger partial charge in [-0.2, -0.15) is 0 Å². The van der Waals surface area contributed by atoms with Crippen molar-refractivity contribution in [2.24, 2.45) is 0 Å². The molecule has 0 aromatic rings. The minimum atomic E-state index is -6.02. The minimum absolute atomic E-state index is 0. The first-order valence-electron chi connectivity index (χ1n) is 5.21. The van der Waals surface area contributed by atoms with Crippen LogP contribution in [-0.2, 0) is 165 Å². The molecule has 0 amide bonds. The first-order valence-corrected chi connectivity index (χ1v) is 28.2. The Bertz CT molecular complexity index is 1040. The standard InChI is InChI=1S/7Mo.NO3.15H3N.28O/c;;;;;;;2-1(3)4;;;;;;;;;;;;;;;;;;;;;;;;;;;;;;;;;;;;;;;;;;;/h;;;;;;;;15*1H3;;;;;;;;;;;;;;;;;;;;;;;;;;;;/q;;;;;;;-1;;;;;;;;;;;;;;;;;;;;;;;;;;;;;;14*-1/p+15. The Morgan fingerprint density at radius 2 is 0.204 bits per heavy atom. The molecule has 0 bridgehead atoms. The molecule has 0 aliphatic rings. The number of nitrogens with zero attached hydrogens (tertiary/aromatic N) is 1.